The van der Waals surface area contributed by atoms with Crippen LogP contribution in [0.5, 0.6) is 0 Å². The summed E-state index contributed by atoms with van der Waals surface area (Å²) in [7, 11) is 0. The van der Waals surface area contributed by atoms with Crippen LogP contribution in [-0.2, 0) is 6.42 Å². The first kappa shape index (κ1) is 15.4. The molecule has 24 heavy (non-hydrogen) atoms. The molecule has 0 atom stereocenters. The Hall–Kier alpha value is -3.46. The number of guanidine groups is 1. The first-order chi connectivity index (χ1) is 11.9. The maximum Gasteiger partial charge on any atom is 0.199 e. The molecule has 0 bridgehead atoms. The number of rotatable bonds is 4. The molecule has 0 amide bonds. The number of aromatic nitrogens is 2. The summed E-state index contributed by atoms with van der Waals surface area (Å²) in [5, 5.41) is 15.7. The van der Waals surface area contributed by atoms with Crippen LogP contribution in [0.2, 0.25) is 0 Å². The molecule has 0 saturated carbocycles. The predicted molar refractivity (Wildman–Crippen MR) is 92.4 cm³/mol. The molecule has 2 aromatic rings. The summed E-state index contributed by atoms with van der Waals surface area (Å²) in [5.74, 6) is 0.623. The number of pyridine rings is 2. The van der Waals surface area contributed by atoms with Crippen molar-refractivity contribution in [3.05, 3.63) is 78.2 Å². The first-order valence-corrected chi connectivity index (χ1v) is 7.55. The van der Waals surface area contributed by atoms with Crippen molar-refractivity contribution in [1.29, 1.82) is 5.26 Å². The number of hydrogen-bond acceptors (Lipinski definition) is 4. The standard InChI is InChI=1S/C18H16N6/c19-12-16(15-4-8-20-9-5-15)17-6-11-23-18(24-17)22-10-3-14-2-1-7-21-13-14/h1-2,4-9,11,13H,3,10H2,(H2,22,23,24). The molecule has 1 aliphatic rings. The van der Waals surface area contributed by atoms with E-state index in [1.165, 1.54) is 0 Å². The molecule has 0 fully saturated rings. The van der Waals surface area contributed by atoms with Gasteiger partial charge in [0.1, 0.15) is 6.07 Å². The van der Waals surface area contributed by atoms with E-state index < -0.39 is 0 Å². The summed E-state index contributed by atoms with van der Waals surface area (Å²) in [6.45, 7) is 0.624. The lowest BCUT2D eigenvalue weighted by Crippen LogP contribution is -2.37. The van der Waals surface area contributed by atoms with Gasteiger partial charge in [-0.1, -0.05) is 6.07 Å². The summed E-state index contributed by atoms with van der Waals surface area (Å²) >= 11 is 0. The molecule has 1 aliphatic heterocycles. The van der Waals surface area contributed by atoms with Gasteiger partial charge in [0.05, 0.1) is 11.3 Å². The van der Waals surface area contributed by atoms with Crippen molar-refractivity contribution < 1.29 is 0 Å². The van der Waals surface area contributed by atoms with Crippen LogP contribution in [-0.4, -0.2) is 22.5 Å². The van der Waals surface area contributed by atoms with Gasteiger partial charge in [-0.2, -0.15) is 5.26 Å². The summed E-state index contributed by atoms with van der Waals surface area (Å²) < 4.78 is 0. The highest BCUT2D eigenvalue weighted by Gasteiger charge is 2.11. The summed E-state index contributed by atoms with van der Waals surface area (Å²) in [4.78, 5) is 12.6. The summed E-state index contributed by atoms with van der Waals surface area (Å²) in [6, 6.07) is 9.79. The van der Waals surface area contributed by atoms with E-state index in [1.54, 1.807) is 24.8 Å². The van der Waals surface area contributed by atoms with Crippen LogP contribution >= 0.6 is 0 Å². The fraction of sp³-hybridized carbons (Fsp3) is 0.111. The van der Waals surface area contributed by atoms with Gasteiger partial charge in [0.15, 0.2) is 5.96 Å². The molecule has 0 aromatic carbocycles. The second-order valence-electron chi connectivity index (χ2n) is 5.08. The van der Waals surface area contributed by atoms with Crippen molar-refractivity contribution in [2.24, 2.45) is 4.99 Å². The van der Waals surface area contributed by atoms with Crippen LogP contribution in [0.15, 0.2) is 72.0 Å². The van der Waals surface area contributed by atoms with Crippen LogP contribution in [0.4, 0.5) is 0 Å². The third-order valence-electron chi connectivity index (χ3n) is 3.47. The molecule has 0 saturated heterocycles. The van der Waals surface area contributed by atoms with Crippen molar-refractivity contribution in [3.8, 4) is 6.07 Å². The van der Waals surface area contributed by atoms with Gasteiger partial charge in [-0.25, -0.2) is 0 Å². The van der Waals surface area contributed by atoms with E-state index in [0.717, 1.165) is 17.5 Å². The zero-order valence-electron chi connectivity index (χ0n) is 13.0. The minimum absolute atomic E-state index is 0.551. The Morgan fingerprint density at radius 1 is 1.17 bits per heavy atom. The largest absolute Gasteiger partial charge is 0.333 e. The van der Waals surface area contributed by atoms with Gasteiger partial charge in [0.2, 0.25) is 0 Å². The zero-order chi connectivity index (χ0) is 16.6. The molecule has 0 radical (unpaired) electrons. The smallest absolute Gasteiger partial charge is 0.199 e. The van der Waals surface area contributed by atoms with Gasteiger partial charge in [-0.05, 0) is 41.8 Å². The highest BCUT2D eigenvalue weighted by molar-refractivity contribution is 5.90. The molecule has 2 N–H and O–H groups in total. The van der Waals surface area contributed by atoms with Gasteiger partial charge < -0.3 is 10.6 Å². The van der Waals surface area contributed by atoms with E-state index in [-0.39, 0.29) is 0 Å². The quantitative estimate of drug-likeness (QED) is 0.843. The molecule has 0 aliphatic carbocycles. The lowest BCUT2D eigenvalue weighted by Gasteiger charge is -2.17. The molecule has 3 rings (SSSR count). The minimum Gasteiger partial charge on any atom is -0.333 e. The molecular formula is C18H16N6. The maximum absolute atomic E-state index is 9.47. The van der Waals surface area contributed by atoms with Crippen LogP contribution in [0.1, 0.15) is 11.1 Å². The first-order valence-electron chi connectivity index (χ1n) is 7.55. The van der Waals surface area contributed by atoms with Gasteiger partial charge >= 0.3 is 0 Å². The summed E-state index contributed by atoms with van der Waals surface area (Å²) in [6.07, 6.45) is 11.3. The van der Waals surface area contributed by atoms with E-state index >= 15 is 0 Å². The Morgan fingerprint density at radius 3 is 2.79 bits per heavy atom. The van der Waals surface area contributed by atoms with E-state index in [0.29, 0.717) is 23.8 Å². The van der Waals surface area contributed by atoms with Crippen LogP contribution in [0.3, 0.4) is 0 Å². The number of nitrogens with zero attached hydrogens (tertiary/aromatic N) is 4. The van der Waals surface area contributed by atoms with Gasteiger partial charge in [-0.15, -0.1) is 0 Å². The minimum atomic E-state index is 0.551. The Kier molecular flexibility index (Phi) is 4.95. The van der Waals surface area contributed by atoms with Crippen molar-refractivity contribution in [2.75, 3.05) is 6.54 Å². The monoisotopic (exact) mass is 316 g/mol. The lowest BCUT2D eigenvalue weighted by atomic mass is 10.1. The fourth-order valence-corrected chi connectivity index (χ4v) is 2.28. The van der Waals surface area contributed by atoms with Gasteiger partial charge in [-0.3, -0.25) is 15.0 Å². The summed E-state index contributed by atoms with van der Waals surface area (Å²) in [5.41, 5.74) is 3.22. The SMILES string of the molecule is N#CC(=C1C=CNC(=NCCc2cccnc2)N1)c1ccncc1. The number of hydrogen-bond donors (Lipinski definition) is 2. The van der Waals surface area contributed by atoms with Crippen molar-refractivity contribution in [1.82, 2.24) is 20.6 Å². The Morgan fingerprint density at radius 2 is 2.04 bits per heavy atom. The van der Waals surface area contributed by atoms with Gasteiger partial charge in [0.25, 0.3) is 0 Å². The maximum atomic E-state index is 9.47. The fourth-order valence-electron chi connectivity index (χ4n) is 2.28. The lowest BCUT2D eigenvalue weighted by molar-refractivity contribution is 0.917. The molecular weight excluding hydrogens is 300 g/mol. The number of aliphatic imine (C=N–C) groups is 1. The number of allylic oxidation sites excluding steroid dienone is 2. The van der Waals surface area contributed by atoms with E-state index in [9.17, 15) is 5.26 Å². The highest BCUT2D eigenvalue weighted by Crippen LogP contribution is 2.17. The molecule has 0 spiro atoms. The van der Waals surface area contributed by atoms with Crippen LogP contribution < -0.4 is 10.6 Å². The average Bonchev–Trinajstić information content (AvgIpc) is 2.65. The molecule has 118 valence electrons. The topological polar surface area (TPSA) is 86.0 Å². The highest BCUT2D eigenvalue weighted by atomic mass is 15.2. The van der Waals surface area contributed by atoms with Crippen molar-refractivity contribution in [3.63, 3.8) is 0 Å². The average molecular weight is 316 g/mol. The van der Waals surface area contributed by atoms with Crippen LogP contribution in [0.25, 0.3) is 5.57 Å². The van der Waals surface area contributed by atoms with Crippen molar-refractivity contribution >= 4 is 11.5 Å². The molecule has 6 nitrogen and oxygen atoms in total. The van der Waals surface area contributed by atoms with Crippen molar-refractivity contribution in [2.45, 2.75) is 6.42 Å². The van der Waals surface area contributed by atoms with E-state index in [1.807, 2.05) is 36.5 Å². The second kappa shape index (κ2) is 7.70. The molecule has 0 unspecified atom stereocenters. The predicted octanol–water partition coefficient (Wildman–Crippen LogP) is 2.02. The Balaban J connectivity index is 1.73. The zero-order valence-corrected chi connectivity index (χ0v) is 13.0. The van der Waals surface area contributed by atoms with Gasteiger partial charge in [0, 0.05) is 37.5 Å². The molecule has 6 heteroatoms. The van der Waals surface area contributed by atoms with Crippen LogP contribution in [0, 0.1) is 11.3 Å². The van der Waals surface area contributed by atoms with E-state index in [2.05, 4.69) is 31.7 Å². The second-order valence-corrected chi connectivity index (χ2v) is 5.08. The third kappa shape index (κ3) is 3.84. The molecule has 3 heterocycles. The molecule has 2 aromatic heterocycles. The Labute approximate surface area is 140 Å². The Bertz CT molecular complexity index is 816. The normalized spacial score (nSPS) is 16.9. The number of nitriles is 1. The number of nitrogens with one attached hydrogen (secondary N) is 2. The van der Waals surface area contributed by atoms with E-state index in [4.69, 9.17) is 0 Å². The third-order valence-corrected chi connectivity index (χ3v) is 3.47.